The number of nitrogens with two attached hydrogens (primary N) is 1. The Morgan fingerprint density at radius 2 is 2.28 bits per heavy atom. The first-order valence-corrected chi connectivity index (χ1v) is 5.99. The van der Waals surface area contributed by atoms with Gasteiger partial charge in [0, 0.05) is 6.20 Å². The van der Waals surface area contributed by atoms with Gasteiger partial charge in [0.25, 0.3) is 0 Å². The Bertz CT molecular complexity index is 550. The third kappa shape index (κ3) is 2.33. The van der Waals surface area contributed by atoms with Crippen LogP contribution < -0.4 is 11.1 Å². The topological polar surface area (TPSA) is 85.3 Å². The van der Waals surface area contributed by atoms with Crippen molar-refractivity contribution < 1.29 is 4.79 Å². The first kappa shape index (κ1) is 12.5. The van der Waals surface area contributed by atoms with E-state index in [0.717, 1.165) is 5.65 Å². The lowest BCUT2D eigenvalue weighted by molar-refractivity contribution is -0.123. The number of nitrogens with zero attached hydrogens (tertiary/aromatic N) is 3. The number of hydrogen-bond acceptors (Lipinski definition) is 4. The number of carbonyl (C=O) groups is 1. The number of rotatable bonds is 4. The van der Waals surface area contributed by atoms with Gasteiger partial charge in [-0.3, -0.25) is 9.20 Å². The van der Waals surface area contributed by atoms with Gasteiger partial charge in [-0.05, 0) is 25.5 Å². The van der Waals surface area contributed by atoms with Gasteiger partial charge in [0.05, 0.1) is 12.1 Å². The highest BCUT2D eigenvalue weighted by Crippen LogP contribution is 2.11. The molecule has 0 aromatic carbocycles. The number of amides is 1. The fourth-order valence-corrected chi connectivity index (χ4v) is 1.73. The second-order valence-electron chi connectivity index (χ2n) is 4.23. The van der Waals surface area contributed by atoms with E-state index in [9.17, 15) is 4.79 Å². The Morgan fingerprint density at radius 1 is 1.50 bits per heavy atom. The molecule has 0 aliphatic carbocycles. The lowest BCUT2D eigenvalue weighted by atomic mass is 10.2. The lowest BCUT2D eigenvalue weighted by Crippen LogP contribution is -2.41. The molecule has 2 rings (SSSR count). The summed E-state index contributed by atoms with van der Waals surface area (Å²) in [7, 11) is 0. The van der Waals surface area contributed by atoms with Crippen LogP contribution in [0.1, 0.15) is 32.1 Å². The third-order valence-corrected chi connectivity index (χ3v) is 2.86. The van der Waals surface area contributed by atoms with E-state index in [1.807, 2.05) is 42.6 Å². The average molecular weight is 247 g/mol. The molecule has 6 heteroatoms. The summed E-state index contributed by atoms with van der Waals surface area (Å²) in [6.45, 7) is 3.74. The van der Waals surface area contributed by atoms with Crippen LogP contribution in [0.5, 0.6) is 0 Å². The van der Waals surface area contributed by atoms with Gasteiger partial charge in [0.15, 0.2) is 11.5 Å². The van der Waals surface area contributed by atoms with Gasteiger partial charge in [-0.25, -0.2) is 0 Å². The summed E-state index contributed by atoms with van der Waals surface area (Å²) >= 11 is 0. The fourth-order valence-electron chi connectivity index (χ4n) is 1.73. The summed E-state index contributed by atoms with van der Waals surface area (Å²) in [5.74, 6) is 0.528. The fraction of sp³-hybridized carbons (Fsp3) is 0.417. The summed E-state index contributed by atoms with van der Waals surface area (Å²) in [5.41, 5.74) is 6.43. The molecule has 0 radical (unpaired) electrons. The van der Waals surface area contributed by atoms with E-state index < -0.39 is 6.04 Å². The molecule has 2 aromatic rings. The van der Waals surface area contributed by atoms with Crippen LogP contribution >= 0.6 is 0 Å². The molecule has 2 heterocycles. The Balaban J connectivity index is 2.19. The van der Waals surface area contributed by atoms with Crippen LogP contribution in [0, 0.1) is 0 Å². The number of carbonyl (C=O) groups excluding carboxylic acids is 1. The van der Waals surface area contributed by atoms with Crippen LogP contribution in [0.15, 0.2) is 24.4 Å². The van der Waals surface area contributed by atoms with Crippen LogP contribution in [-0.4, -0.2) is 26.5 Å². The van der Waals surface area contributed by atoms with Crippen LogP contribution in [-0.2, 0) is 4.79 Å². The lowest BCUT2D eigenvalue weighted by Gasteiger charge is -2.15. The van der Waals surface area contributed by atoms with E-state index in [2.05, 4.69) is 15.5 Å². The SMILES string of the molecule is CC[C@@H](N)C(=O)NC(C)c1nnc2ccccn12. The Hall–Kier alpha value is -1.95. The van der Waals surface area contributed by atoms with Gasteiger partial charge >= 0.3 is 0 Å². The molecule has 0 saturated carbocycles. The number of hydrogen-bond donors (Lipinski definition) is 2. The van der Waals surface area contributed by atoms with Crippen LogP contribution in [0.3, 0.4) is 0 Å². The molecule has 0 bridgehead atoms. The minimum atomic E-state index is -0.480. The van der Waals surface area contributed by atoms with Crippen molar-refractivity contribution in [1.82, 2.24) is 19.9 Å². The smallest absolute Gasteiger partial charge is 0.237 e. The minimum absolute atomic E-state index is 0.169. The molecule has 2 atom stereocenters. The zero-order valence-corrected chi connectivity index (χ0v) is 10.5. The minimum Gasteiger partial charge on any atom is -0.345 e. The number of nitrogens with one attached hydrogen (secondary N) is 1. The van der Waals surface area contributed by atoms with Crippen molar-refractivity contribution in [2.24, 2.45) is 5.73 Å². The molecule has 18 heavy (non-hydrogen) atoms. The highest BCUT2D eigenvalue weighted by Gasteiger charge is 2.18. The van der Waals surface area contributed by atoms with Gasteiger partial charge < -0.3 is 11.1 Å². The number of pyridine rings is 1. The van der Waals surface area contributed by atoms with E-state index in [0.29, 0.717) is 12.2 Å². The van der Waals surface area contributed by atoms with E-state index >= 15 is 0 Å². The summed E-state index contributed by atoms with van der Waals surface area (Å²) in [5, 5.41) is 11.0. The van der Waals surface area contributed by atoms with Gasteiger partial charge in [-0.2, -0.15) is 0 Å². The number of aromatic nitrogens is 3. The number of fused-ring (bicyclic) bond motifs is 1. The summed E-state index contributed by atoms with van der Waals surface area (Å²) in [6, 6.07) is 4.94. The standard InChI is InChI=1S/C12H17N5O/c1-3-9(13)12(18)14-8(2)11-16-15-10-6-4-5-7-17(10)11/h4-9H,3,13H2,1-2H3,(H,14,18)/t8?,9-/m1/s1. The molecule has 0 fully saturated rings. The van der Waals surface area contributed by atoms with Crippen molar-refractivity contribution in [3.05, 3.63) is 30.2 Å². The maximum absolute atomic E-state index is 11.7. The van der Waals surface area contributed by atoms with E-state index in [1.165, 1.54) is 0 Å². The first-order valence-electron chi connectivity index (χ1n) is 5.99. The van der Waals surface area contributed by atoms with Crippen molar-refractivity contribution in [2.45, 2.75) is 32.4 Å². The van der Waals surface area contributed by atoms with E-state index in [1.54, 1.807) is 0 Å². The maximum atomic E-state index is 11.7. The molecule has 0 aliphatic heterocycles. The van der Waals surface area contributed by atoms with Crippen molar-refractivity contribution in [3.63, 3.8) is 0 Å². The summed E-state index contributed by atoms with van der Waals surface area (Å²) in [6.07, 6.45) is 2.48. The van der Waals surface area contributed by atoms with Gasteiger partial charge in [-0.1, -0.05) is 13.0 Å². The molecular weight excluding hydrogens is 230 g/mol. The van der Waals surface area contributed by atoms with Crippen LogP contribution in [0.25, 0.3) is 5.65 Å². The molecule has 6 nitrogen and oxygen atoms in total. The second-order valence-corrected chi connectivity index (χ2v) is 4.23. The van der Waals surface area contributed by atoms with Gasteiger partial charge in [0.2, 0.25) is 5.91 Å². The highest BCUT2D eigenvalue weighted by atomic mass is 16.2. The molecule has 96 valence electrons. The van der Waals surface area contributed by atoms with Crippen LogP contribution in [0.4, 0.5) is 0 Å². The predicted molar refractivity (Wildman–Crippen MR) is 67.8 cm³/mol. The average Bonchev–Trinajstić information content (AvgIpc) is 2.81. The molecular formula is C12H17N5O. The van der Waals surface area contributed by atoms with Crippen molar-refractivity contribution >= 4 is 11.6 Å². The van der Waals surface area contributed by atoms with E-state index in [-0.39, 0.29) is 11.9 Å². The predicted octanol–water partition coefficient (Wildman–Crippen LogP) is 0.644. The van der Waals surface area contributed by atoms with E-state index in [4.69, 9.17) is 5.73 Å². The highest BCUT2D eigenvalue weighted by molar-refractivity contribution is 5.81. The Morgan fingerprint density at radius 3 is 3.00 bits per heavy atom. The molecule has 0 saturated heterocycles. The zero-order valence-electron chi connectivity index (χ0n) is 10.5. The molecule has 1 amide bonds. The normalized spacial score (nSPS) is 14.4. The van der Waals surface area contributed by atoms with Crippen LogP contribution in [0.2, 0.25) is 0 Å². The molecule has 2 aromatic heterocycles. The van der Waals surface area contributed by atoms with Crippen molar-refractivity contribution in [2.75, 3.05) is 0 Å². The zero-order chi connectivity index (χ0) is 13.1. The molecule has 0 spiro atoms. The van der Waals surface area contributed by atoms with Crippen molar-refractivity contribution in [3.8, 4) is 0 Å². The molecule has 0 aliphatic rings. The van der Waals surface area contributed by atoms with Crippen molar-refractivity contribution in [1.29, 1.82) is 0 Å². The monoisotopic (exact) mass is 247 g/mol. The summed E-state index contributed by atoms with van der Waals surface area (Å²) in [4.78, 5) is 11.7. The van der Waals surface area contributed by atoms with Gasteiger partial charge in [0.1, 0.15) is 0 Å². The van der Waals surface area contributed by atoms with Gasteiger partial charge in [-0.15, -0.1) is 10.2 Å². The molecule has 1 unspecified atom stereocenters. The second kappa shape index (κ2) is 5.14. The third-order valence-electron chi connectivity index (χ3n) is 2.86. The maximum Gasteiger partial charge on any atom is 0.237 e. The quantitative estimate of drug-likeness (QED) is 0.830. The molecule has 3 N–H and O–H groups in total. The Kier molecular flexibility index (Phi) is 3.57. The first-order chi connectivity index (χ1) is 8.63. The Labute approximate surface area is 105 Å². The largest absolute Gasteiger partial charge is 0.345 e. The summed E-state index contributed by atoms with van der Waals surface area (Å²) < 4.78 is 1.85.